The molecule has 1 aromatic carbocycles. The van der Waals surface area contributed by atoms with Crippen LogP contribution in [0.2, 0.25) is 0 Å². The Kier molecular flexibility index (Phi) is 2.04. The first kappa shape index (κ1) is 9.21. The van der Waals surface area contributed by atoms with Crippen LogP contribution in [0.4, 0.5) is 0 Å². The molecular formula is C11H12O3. The van der Waals surface area contributed by atoms with Crippen LogP contribution in [-0.4, -0.2) is 18.7 Å². The summed E-state index contributed by atoms with van der Waals surface area (Å²) in [7, 11) is 1.52. The van der Waals surface area contributed by atoms with Crippen molar-refractivity contribution in [2.24, 2.45) is 0 Å². The van der Waals surface area contributed by atoms with Crippen molar-refractivity contribution >= 4 is 5.97 Å². The molecule has 1 aliphatic rings. The monoisotopic (exact) mass is 192 g/mol. The van der Waals surface area contributed by atoms with Crippen LogP contribution in [0.5, 0.6) is 0 Å². The Morgan fingerprint density at radius 2 is 2.00 bits per heavy atom. The van der Waals surface area contributed by atoms with Crippen LogP contribution in [0.15, 0.2) is 30.3 Å². The smallest absolute Gasteiger partial charge is 0.343 e. The van der Waals surface area contributed by atoms with Crippen molar-refractivity contribution < 1.29 is 14.3 Å². The lowest BCUT2D eigenvalue weighted by atomic mass is 9.87. The number of ether oxygens (including phenoxy) is 2. The Labute approximate surface area is 82.6 Å². The zero-order valence-corrected chi connectivity index (χ0v) is 8.19. The number of cyclic esters (lactones) is 1. The van der Waals surface area contributed by atoms with E-state index in [0.717, 1.165) is 5.56 Å². The van der Waals surface area contributed by atoms with Gasteiger partial charge in [0, 0.05) is 7.11 Å². The van der Waals surface area contributed by atoms with Crippen LogP contribution in [0, 0.1) is 0 Å². The van der Waals surface area contributed by atoms with Crippen molar-refractivity contribution in [2.45, 2.75) is 18.6 Å². The van der Waals surface area contributed by atoms with Gasteiger partial charge in [-0.05, 0) is 12.5 Å². The topological polar surface area (TPSA) is 35.5 Å². The van der Waals surface area contributed by atoms with E-state index in [1.807, 2.05) is 30.3 Å². The Morgan fingerprint density at radius 3 is 2.50 bits per heavy atom. The highest BCUT2D eigenvalue weighted by Gasteiger charge is 2.55. The van der Waals surface area contributed by atoms with Crippen LogP contribution in [0.25, 0.3) is 0 Å². The lowest BCUT2D eigenvalue weighted by molar-refractivity contribution is -0.233. The molecule has 1 saturated heterocycles. The standard InChI is InChI=1S/C11H12O3/c1-11(13-2)9(14-10(11)12)8-6-4-3-5-7-8/h3-7,9H,1-2H3/t9-,11+/m1/s1. The molecule has 0 unspecified atom stereocenters. The van der Waals surface area contributed by atoms with E-state index in [9.17, 15) is 4.79 Å². The van der Waals surface area contributed by atoms with Gasteiger partial charge in [-0.15, -0.1) is 0 Å². The Morgan fingerprint density at radius 1 is 1.36 bits per heavy atom. The first-order chi connectivity index (χ1) is 6.68. The molecule has 2 rings (SSSR count). The van der Waals surface area contributed by atoms with E-state index >= 15 is 0 Å². The molecular weight excluding hydrogens is 180 g/mol. The number of carbonyl (C=O) groups is 1. The second-order valence-electron chi connectivity index (χ2n) is 3.51. The molecule has 1 heterocycles. The molecule has 0 N–H and O–H groups in total. The van der Waals surface area contributed by atoms with Crippen molar-refractivity contribution in [2.75, 3.05) is 7.11 Å². The summed E-state index contributed by atoms with van der Waals surface area (Å²) in [4.78, 5) is 11.2. The predicted octanol–water partition coefficient (Wildman–Crippen LogP) is 1.69. The molecule has 1 aromatic rings. The van der Waals surface area contributed by atoms with Crippen molar-refractivity contribution in [3.05, 3.63) is 35.9 Å². The van der Waals surface area contributed by atoms with E-state index < -0.39 is 5.60 Å². The highest BCUT2D eigenvalue weighted by atomic mass is 16.6. The third-order valence-electron chi connectivity index (χ3n) is 2.66. The summed E-state index contributed by atoms with van der Waals surface area (Å²) in [6.07, 6.45) is -0.277. The molecule has 0 bridgehead atoms. The van der Waals surface area contributed by atoms with Gasteiger partial charge in [-0.1, -0.05) is 30.3 Å². The molecule has 3 heteroatoms. The largest absolute Gasteiger partial charge is 0.451 e. The van der Waals surface area contributed by atoms with Gasteiger partial charge in [0.15, 0.2) is 6.10 Å². The van der Waals surface area contributed by atoms with Crippen LogP contribution in [-0.2, 0) is 14.3 Å². The first-order valence-corrected chi connectivity index (χ1v) is 4.49. The Hall–Kier alpha value is -1.35. The third kappa shape index (κ3) is 1.13. The molecule has 74 valence electrons. The van der Waals surface area contributed by atoms with Gasteiger partial charge in [0.1, 0.15) is 0 Å². The summed E-state index contributed by atoms with van der Waals surface area (Å²) in [6, 6.07) is 9.60. The number of carbonyl (C=O) groups excluding carboxylic acids is 1. The van der Waals surface area contributed by atoms with Gasteiger partial charge in [-0.3, -0.25) is 0 Å². The maximum absolute atomic E-state index is 11.2. The summed E-state index contributed by atoms with van der Waals surface area (Å²) < 4.78 is 10.2. The number of hydrogen-bond donors (Lipinski definition) is 0. The maximum atomic E-state index is 11.2. The van der Waals surface area contributed by atoms with E-state index in [1.165, 1.54) is 7.11 Å². The Balaban J connectivity index is 2.27. The molecule has 0 aromatic heterocycles. The van der Waals surface area contributed by atoms with Crippen molar-refractivity contribution in [1.82, 2.24) is 0 Å². The number of rotatable bonds is 2. The summed E-state index contributed by atoms with van der Waals surface area (Å²) in [6.45, 7) is 1.75. The average Bonchev–Trinajstić information content (AvgIpc) is 2.25. The fourth-order valence-electron chi connectivity index (χ4n) is 1.59. The van der Waals surface area contributed by atoms with Gasteiger partial charge < -0.3 is 9.47 Å². The molecule has 1 fully saturated rings. The molecule has 0 amide bonds. The molecule has 0 aliphatic carbocycles. The van der Waals surface area contributed by atoms with E-state index in [1.54, 1.807) is 6.92 Å². The van der Waals surface area contributed by atoms with Crippen LogP contribution in [0.3, 0.4) is 0 Å². The SMILES string of the molecule is CO[C@]1(C)C(=O)O[C@@H]1c1ccccc1. The summed E-state index contributed by atoms with van der Waals surface area (Å²) in [5.74, 6) is -0.297. The zero-order chi connectivity index (χ0) is 10.2. The highest BCUT2D eigenvalue weighted by molar-refractivity contribution is 5.86. The second-order valence-corrected chi connectivity index (χ2v) is 3.51. The lowest BCUT2D eigenvalue weighted by Crippen LogP contribution is -2.56. The van der Waals surface area contributed by atoms with Crippen molar-refractivity contribution in [3.8, 4) is 0 Å². The summed E-state index contributed by atoms with van der Waals surface area (Å²) >= 11 is 0. The molecule has 0 saturated carbocycles. The molecule has 1 aliphatic heterocycles. The summed E-state index contributed by atoms with van der Waals surface area (Å²) in [5, 5.41) is 0. The van der Waals surface area contributed by atoms with Gasteiger partial charge in [0.2, 0.25) is 5.60 Å². The Bertz CT molecular complexity index is 347. The lowest BCUT2D eigenvalue weighted by Gasteiger charge is -2.43. The van der Waals surface area contributed by atoms with E-state index in [2.05, 4.69) is 0 Å². The van der Waals surface area contributed by atoms with Crippen molar-refractivity contribution in [1.29, 1.82) is 0 Å². The van der Waals surface area contributed by atoms with E-state index in [0.29, 0.717) is 0 Å². The normalized spacial score (nSPS) is 30.7. The average molecular weight is 192 g/mol. The molecule has 0 radical (unpaired) electrons. The first-order valence-electron chi connectivity index (χ1n) is 4.49. The van der Waals surface area contributed by atoms with Crippen molar-refractivity contribution in [3.63, 3.8) is 0 Å². The maximum Gasteiger partial charge on any atom is 0.343 e. The number of esters is 1. The summed E-state index contributed by atoms with van der Waals surface area (Å²) in [5.41, 5.74) is 0.151. The van der Waals surface area contributed by atoms with E-state index in [4.69, 9.17) is 9.47 Å². The van der Waals surface area contributed by atoms with Gasteiger partial charge in [0.25, 0.3) is 0 Å². The van der Waals surface area contributed by atoms with Gasteiger partial charge in [0.05, 0.1) is 0 Å². The van der Waals surface area contributed by atoms with Gasteiger partial charge >= 0.3 is 5.97 Å². The zero-order valence-electron chi connectivity index (χ0n) is 8.19. The van der Waals surface area contributed by atoms with Gasteiger partial charge in [-0.2, -0.15) is 0 Å². The van der Waals surface area contributed by atoms with Crippen LogP contribution < -0.4 is 0 Å². The van der Waals surface area contributed by atoms with E-state index in [-0.39, 0.29) is 12.1 Å². The third-order valence-corrected chi connectivity index (χ3v) is 2.66. The van der Waals surface area contributed by atoms with Crippen LogP contribution in [0.1, 0.15) is 18.6 Å². The fraction of sp³-hybridized carbons (Fsp3) is 0.364. The number of hydrogen-bond acceptors (Lipinski definition) is 3. The quantitative estimate of drug-likeness (QED) is 0.669. The van der Waals surface area contributed by atoms with Gasteiger partial charge in [-0.25, -0.2) is 4.79 Å². The minimum Gasteiger partial charge on any atom is -0.451 e. The molecule has 14 heavy (non-hydrogen) atoms. The minimum atomic E-state index is -0.818. The van der Waals surface area contributed by atoms with Crippen LogP contribution >= 0.6 is 0 Å². The minimum absolute atomic E-state index is 0.277. The number of methoxy groups -OCH3 is 1. The molecule has 0 spiro atoms. The molecule has 2 atom stereocenters. The highest BCUT2D eigenvalue weighted by Crippen LogP contribution is 2.42. The molecule has 3 nitrogen and oxygen atoms in total. The second kappa shape index (κ2) is 3.10. The number of benzene rings is 1. The fourth-order valence-corrected chi connectivity index (χ4v) is 1.59. The predicted molar refractivity (Wildman–Crippen MR) is 50.7 cm³/mol.